The van der Waals surface area contributed by atoms with Crippen LogP contribution in [0.5, 0.6) is 0 Å². The van der Waals surface area contributed by atoms with E-state index in [0.717, 1.165) is 0 Å². The average Bonchev–Trinajstić information content (AvgIpc) is 2.29. The van der Waals surface area contributed by atoms with Gasteiger partial charge in [0, 0.05) is 0 Å². The maximum absolute atomic E-state index is 13.2. The van der Waals surface area contributed by atoms with Crippen LogP contribution in [0.25, 0.3) is 0 Å². The van der Waals surface area contributed by atoms with Crippen molar-refractivity contribution in [3.05, 3.63) is 35.6 Å². The number of hydrogen-bond donors (Lipinski definition) is 1. The number of thiocarbonyl (C=S) groups is 1. The Morgan fingerprint density at radius 3 is 2.88 bits per heavy atom. The first kappa shape index (κ1) is 13.1. The molecule has 0 fully saturated rings. The number of carbonyl (C=O) groups excluding carboxylic acids is 1. The van der Waals surface area contributed by atoms with Crippen molar-refractivity contribution in [2.24, 2.45) is 0 Å². The molecule has 88 valence electrons. The maximum atomic E-state index is 13.2. The molecule has 1 amide bonds. The minimum atomic E-state index is -0.641. The molecule has 0 aliphatic carbocycles. The molecule has 0 aliphatic heterocycles. The fraction of sp³-hybridized carbons (Fsp3) is 0.167. The Hall–Kier alpha value is -1.93. The Bertz CT molecular complexity index is 491. The van der Waals surface area contributed by atoms with E-state index in [1.54, 1.807) is 13.0 Å². The first-order valence-electron chi connectivity index (χ1n) is 4.77. The van der Waals surface area contributed by atoms with Gasteiger partial charge in [0.15, 0.2) is 6.61 Å². The third-order valence-corrected chi connectivity index (χ3v) is 2.01. The molecule has 0 spiro atoms. The molecule has 0 saturated heterocycles. The zero-order chi connectivity index (χ0) is 12.7. The van der Waals surface area contributed by atoms with E-state index < -0.39 is 11.7 Å². The van der Waals surface area contributed by atoms with Crippen LogP contribution in [0.15, 0.2) is 24.3 Å². The van der Waals surface area contributed by atoms with Crippen molar-refractivity contribution in [2.75, 3.05) is 6.61 Å². The summed E-state index contributed by atoms with van der Waals surface area (Å²) in [6.45, 7) is 1.75. The molecule has 0 heterocycles. The molecule has 0 aromatic heterocycles. The molecule has 1 aromatic carbocycles. The fourth-order valence-corrected chi connectivity index (χ4v) is 1.17. The van der Waals surface area contributed by atoms with Gasteiger partial charge in [-0.1, -0.05) is 18.1 Å². The molecule has 0 aliphatic rings. The Labute approximate surface area is 104 Å². The number of ether oxygens (including phenoxy) is 1. The van der Waals surface area contributed by atoms with E-state index in [9.17, 15) is 9.18 Å². The zero-order valence-electron chi connectivity index (χ0n) is 9.12. The predicted octanol–water partition coefficient (Wildman–Crippen LogP) is 1.88. The highest BCUT2D eigenvalue weighted by molar-refractivity contribution is 7.80. The lowest BCUT2D eigenvalue weighted by molar-refractivity contribution is 0.0965. The van der Waals surface area contributed by atoms with Crippen LogP contribution in [0.1, 0.15) is 17.3 Å². The maximum Gasteiger partial charge on any atom is 0.264 e. The molecule has 0 saturated carbocycles. The van der Waals surface area contributed by atoms with Gasteiger partial charge < -0.3 is 4.74 Å². The molecule has 1 N–H and O–H groups in total. The second-order valence-electron chi connectivity index (χ2n) is 2.94. The van der Waals surface area contributed by atoms with E-state index >= 15 is 0 Å². The number of nitrogens with one attached hydrogen (secondary N) is 1. The third-order valence-electron chi connectivity index (χ3n) is 1.79. The largest absolute Gasteiger partial charge is 0.458 e. The molecule has 3 nitrogen and oxygen atoms in total. The van der Waals surface area contributed by atoms with Crippen molar-refractivity contribution in [3.8, 4) is 11.8 Å². The number of halogens is 1. The van der Waals surface area contributed by atoms with E-state index in [2.05, 4.69) is 17.2 Å². The van der Waals surface area contributed by atoms with Crippen LogP contribution in [-0.2, 0) is 4.74 Å². The Kier molecular flexibility index (Phi) is 5.11. The summed E-state index contributed by atoms with van der Waals surface area (Å²) in [6.07, 6.45) is 0. The second kappa shape index (κ2) is 6.61. The Morgan fingerprint density at radius 1 is 1.53 bits per heavy atom. The van der Waals surface area contributed by atoms with Crippen LogP contribution in [-0.4, -0.2) is 17.7 Å². The summed E-state index contributed by atoms with van der Waals surface area (Å²) in [7, 11) is 0. The highest BCUT2D eigenvalue weighted by atomic mass is 32.1. The van der Waals surface area contributed by atoms with Crippen molar-refractivity contribution in [1.29, 1.82) is 0 Å². The highest BCUT2D eigenvalue weighted by Gasteiger charge is 2.12. The monoisotopic (exact) mass is 251 g/mol. The molecule has 0 atom stereocenters. The summed E-state index contributed by atoms with van der Waals surface area (Å²) >= 11 is 4.74. The van der Waals surface area contributed by atoms with Gasteiger partial charge >= 0.3 is 0 Å². The van der Waals surface area contributed by atoms with Gasteiger partial charge in [-0.3, -0.25) is 10.1 Å². The van der Waals surface area contributed by atoms with Gasteiger partial charge in [0.25, 0.3) is 11.1 Å². The lowest BCUT2D eigenvalue weighted by Gasteiger charge is -2.06. The third kappa shape index (κ3) is 4.21. The van der Waals surface area contributed by atoms with E-state index in [1.165, 1.54) is 18.2 Å². The summed E-state index contributed by atoms with van der Waals surface area (Å²) in [5.41, 5.74) is -0.0833. The van der Waals surface area contributed by atoms with Crippen LogP contribution in [0.4, 0.5) is 4.39 Å². The van der Waals surface area contributed by atoms with Crippen molar-refractivity contribution in [3.63, 3.8) is 0 Å². The van der Waals surface area contributed by atoms with Gasteiger partial charge in [-0.15, -0.1) is 5.92 Å². The van der Waals surface area contributed by atoms with Crippen LogP contribution < -0.4 is 5.32 Å². The van der Waals surface area contributed by atoms with Crippen LogP contribution in [0, 0.1) is 17.7 Å². The van der Waals surface area contributed by atoms with Gasteiger partial charge in [-0.2, -0.15) is 0 Å². The van der Waals surface area contributed by atoms with Gasteiger partial charge in [0.1, 0.15) is 5.82 Å². The van der Waals surface area contributed by atoms with Crippen LogP contribution >= 0.6 is 12.2 Å². The normalized spacial score (nSPS) is 8.82. The Morgan fingerprint density at radius 2 is 2.24 bits per heavy atom. The zero-order valence-corrected chi connectivity index (χ0v) is 9.94. The topological polar surface area (TPSA) is 38.3 Å². The number of amides is 1. The van der Waals surface area contributed by atoms with Gasteiger partial charge in [0.05, 0.1) is 5.56 Å². The smallest absolute Gasteiger partial charge is 0.264 e. The molecule has 0 bridgehead atoms. The highest BCUT2D eigenvalue weighted by Crippen LogP contribution is 2.05. The van der Waals surface area contributed by atoms with Crippen molar-refractivity contribution >= 4 is 23.3 Å². The Balaban J connectivity index is 2.57. The molecule has 1 rings (SSSR count). The minimum absolute atomic E-state index is 0.0833. The lowest BCUT2D eigenvalue weighted by atomic mass is 10.2. The molecule has 1 aromatic rings. The molecule has 0 radical (unpaired) electrons. The SMILES string of the molecule is CC#CCOC(=S)NC(=O)c1ccccc1F. The summed E-state index contributed by atoms with van der Waals surface area (Å²) in [5.74, 6) is 3.98. The lowest BCUT2D eigenvalue weighted by Crippen LogP contribution is -2.31. The van der Waals surface area contributed by atoms with E-state index in [1.807, 2.05) is 0 Å². The van der Waals surface area contributed by atoms with E-state index in [0.29, 0.717) is 0 Å². The molecule has 5 heteroatoms. The average molecular weight is 251 g/mol. The summed E-state index contributed by atoms with van der Waals surface area (Å²) in [4.78, 5) is 11.6. The molecular formula is C12H10FNO2S. The number of rotatable bonds is 2. The summed E-state index contributed by atoms with van der Waals surface area (Å²) in [5, 5.41) is 2.13. The summed E-state index contributed by atoms with van der Waals surface area (Å²) in [6, 6.07) is 5.61. The van der Waals surface area contributed by atoms with E-state index in [4.69, 9.17) is 17.0 Å². The standard InChI is InChI=1S/C12H10FNO2S/c1-2-3-8-16-12(17)14-11(15)9-6-4-5-7-10(9)13/h4-7H,8H2,1H3,(H,14,15,17). The minimum Gasteiger partial charge on any atom is -0.458 e. The van der Waals surface area contributed by atoms with Gasteiger partial charge in [-0.05, 0) is 31.3 Å². The van der Waals surface area contributed by atoms with Crippen molar-refractivity contribution < 1.29 is 13.9 Å². The van der Waals surface area contributed by atoms with Crippen molar-refractivity contribution in [2.45, 2.75) is 6.92 Å². The second-order valence-corrected chi connectivity index (χ2v) is 3.31. The fourth-order valence-electron chi connectivity index (χ4n) is 1.02. The quantitative estimate of drug-likeness (QED) is 0.644. The first-order chi connectivity index (χ1) is 8.15. The number of carbonyl (C=O) groups is 1. The first-order valence-corrected chi connectivity index (χ1v) is 5.18. The van der Waals surface area contributed by atoms with Gasteiger partial charge in [-0.25, -0.2) is 4.39 Å². The number of benzene rings is 1. The molecule has 0 unspecified atom stereocenters. The predicted molar refractivity (Wildman–Crippen MR) is 65.9 cm³/mol. The van der Waals surface area contributed by atoms with Gasteiger partial charge in [0.2, 0.25) is 0 Å². The van der Waals surface area contributed by atoms with Crippen molar-refractivity contribution in [1.82, 2.24) is 5.32 Å². The number of hydrogen-bond acceptors (Lipinski definition) is 3. The van der Waals surface area contributed by atoms with Crippen LogP contribution in [0.2, 0.25) is 0 Å². The summed E-state index contributed by atoms with van der Waals surface area (Å²) < 4.78 is 18.1. The molecule has 17 heavy (non-hydrogen) atoms. The van der Waals surface area contributed by atoms with E-state index in [-0.39, 0.29) is 17.3 Å². The molecular weight excluding hydrogens is 241 g/mol. The van der Waals surface area contributed by atoms with Crippen LogP contribution in [0.3, 0.4) is 0 Å².